The van der Waals surface area contributed by atoms with Crippen molar-refractivity contribution in [2.24, 2.45) is 0 Å². The Morgan fingerprint density at radius 3 is 2.70 bits per heavy atom. The van der Waals surface area contributed by atoms with Gasteiger partial charge in [-0.1, -0.05) is 31.5 Å². The third kappa shape index (κ3) is 3.14. The van der Waals surface area contributed by atoms with Crippen LogP contribution in [0.1, 0.15) is 31.7 Å². The molecular weight excluding hydrogens is 288 g/mol. The Hall–Kier alpha value is -2.16. The fraction of sp³-hybridized carbons (Fsp3) is 0.400. The van der Waals surface area contributed by atoms with E-state index >= 15 is 0 Å². The fourth-order valence-corrected chi connectivity index (χ4v) is 3.22. The Bertz CT molecular complexity index is 679. The maximum absolute atomic E-state index is 6.33. The maximum atomic E-state index is 6.33. The smallest absolute Gasteiger partial charge is 0.130 e. The van der Waals surface area contributed by atoms with E-state index in [1.54, 1.807) is 14.2 Å². The fourth-order valence-electron chi connectivity index (χ4n) is 3.22. The number of fused-ring (bicyclic) bond motifs is 1. The summed E-state index contributed by atoms with van der Waals surface area (Å²) >= 11 is 0. The van der Waals surface area contributed by atoms with E-state index in [1.165, 1.54) is 5.56 Å². The molecule has 1 aliphatic rings. The summed E-state index contributed by atoms with van der Waals surface area (Å²) in [4.78, 5) is 0. The molecule has 2 aromatic rings. The van der Waals surface area contributed by atoms with Crippen LogP contribution in [0.4, 0.5) is 0 Å². The molecule has 0 amide bonds. The first-order chi connectivity index (χ1) is 11.3. The Balaban J connectivity index is 2.04. The zero-order valence-corrected chi connectivity index (χ0v) is 14.1. The molecule has 3 rings (SSSR count). The molecular formula is C20H24O3. The SMILES string of the molecule is CCCC1CCc2cccc(-c3ccc(OC)cc3OC)c2O1. The standard InChI is InChI=1S/C20H24O3/c1-4-6-15-10-9-14-7-5-8-18(20(14)23-15)17-12-11-16(21-2)13-19(17)22-3/h5,7-8,11-13,15H,4,6,9-10H2,1-3H3. The molecule has 2 aromatic carbocycles. The van der Waals surface area contributed by atoms with E-state index < -0.39 is 0 Å². The second-order valence-electron chi connectivity index (χ2n) is 5.93. The molecule has 122 valence electrons. The number of benzene rings is 2. The van der Waals surface area contributed by atoms with Gasteiger partial charge in [0.2, 0.25) is 0 Å². The van der Waals surface area contributed by atoms with Crippen LogP contribution in [-0.2, 0) is 6.42 Å². The van der Waals surface area contributed by atoms with Gasteiger partial charge in [-0.25, -0.2) is 0 Å². The second kappa shape index (κ2) is 6.95. The normalized spacial score (nSPS) is 16.4. The van der Waals surface area contributed by atoms with Gasteiger partial charge in [-0.15, -0.1) is 0 Å². The molecule has 0 saturated heterocycles. The average Bonchev–Trinajstić information content (AvgIpc) is 2.61. The minimum Gasteiger partial charge on any atom is -0.497 e. The van der Waals surface area contributed by atoms with Crippen molar-refractivity contribution < 1.29 is 14.2 Å². The van der Waals surface area contributed by atoms with Gasteiger partial charge in [0.25, 0.3) is 0 Å². The van der Waals surface area contributed by atoms with Gasteiger partial charge in [0.1, 0.15) is 17.2 Å². The zero-order chi connectivity index (χ0) is 16.2. The lowest BCUT2D eigenvalue weighted by molar-refractivity contribution is 0.164. The highest BCUT2D eigenvalue weighted by molar-refractivity contribution is 5.78. The lowest BCUT2D eigenvalue weighted by Crippen LogP contribution is -2.22. The first kappa shape index (κ1) is 15.7. The monoisotopic (exact) mass is 312 g/mol. The van der Waals surface area contributed by atoms with Crippen LogP contribution in [0.3, 0.4) is 0 Å². The predicted octanol–water partition coefficient (Wildman–Crippen LogP) is 4.86. The molecule has 3 heteroatoms. The molecule has 0 N–H and O–H groups in total. The maximum Gasteiger partial charge on any atom is 0.130 e. The molecule has 0 radical (unpaired) electrons. The van der Waals surface area contributed by atoms with Gasteiger partial charge in [-0.2, -0.15) is 0 Å². The number of para-hydroxylation sites is 1. The predicted molar refractivity (Wildman–Crippen MR) is 92.6 cm³/mol. The number of aryl methyl sites for hydroxylation is 1. The minimum absolute atomic E-state index is 0.317. The van der Waals surface area contributed by atoms with E-state index in [1.807, 2.05) is 18.2 Å². The van der Waals surface area contributed by atoms with Crippen molar-refractivity contribution in [2.75, 3.05) is 14.2 Å². The average molecular weight is 312 g/mol. The summed E-state index contributed by atoms with van der Waals surface area (Å²) < 4.78 is 17.2. The van der Waals surface area contributed by atoms with E-state index in [2.05, 4.69) is 25.1 Å². The van der Waals surface area contributed by atoms with E-state index in [0.717, 1.165) is 54.1 Å². The number of hydrogen-bond acceptors (Lipinski definition) is 3. The van der Waals surface area contributed by atoms with Crippen LogP contribution in [0.25, 0.3) is 11.1 Å². The van der Waals surface area contributed by atoms with Crippen LogP contribution >= 0.6 is 0 Å². The molecule has 1 atom stereocenters. The van der Waals surface area contributed by atoms with Crippen LogP contribution in [-0.4, -0.2) is 20.3 Å². The summed E-state index contributed by atoms with van der Waals surface area (Å²) in [5.74, 6) is 2.61. The molecule has 0 fully saturated rings. The van der Waals surface area contributed by atoms with E-state index in [9.17, 15) is 0 Å². The summed E-state index contributed by atoms with van der Waals surface area (Å²) in [6.07, 6.45) is 4.75. The molecule has 0 aliphatic carbocycles. The third-order valence-electron chi connectivity index (χ3n) is 4.43. The van der Waals surface area contributed by atoms with Crippen molar-refractivity contribution in [2.45, 2.75) is 38.7 Å². The topological polar surface area (TPSA) is 27.7 Å². The van der Waals surface area contributed by atoms with Crippen molar-refractivity contribution in [1.82, 2.24) is 0 Å². The van der Waals surface area contributed by atoms with E-state index in [0.29, 0.717) is 6.10 Å². The molecule has 0 aromatic heterocycles. The Labute approximate surface area is 138 Å². The van der Waals surface area contributed by atoms with Gasteiger partial charge >= 0.3 is 0 Å². The second-order valence-corrected chi connectivity index (χ2v) is 5.93. The molecule has 0 spiro atoms. The number of methoxy groups -OCH3 is 2. The molecule has 1 heterocycles. The highest BCUT2D eigenvalue weighted by Crippen LogP contribution is 2.42. The van der Waals surface area contributed by atoms with Crippen LogP contribution in [0, 0.1) is 0 Å². The van der Waals surface area contributed by atoms with Gasteiger partial charge in [0.15, 0.2) is 0 Å². The minimum atomic E-state index is 0.317. The summed E-state index contributed by atoms with van der Waals surface area (Å²) in [5, 5.41) is 0. The van der Waals surface area contributed by atoms with Gasteiger partial charge in [-0.3, -0.25) is 0 Å². The van der Waals surface area contributed by atoms with Crippen LogP contribution in [0.2, 0.25) is 0 Å². The summed E-state index contributed by atoms with van der Waals surface area (Å²) in [6.45, 7) is 2.21. The Kier molecular flexibility index (Phi) is 4.75. The zero-order valence-electron chi connectivity index (χ0n) is 14.1. The Morgan fingerprint density at radius 2 is 1.96 bits per heavy atom. The lowest BCUT2D eigenvalue weighted by Gasteiger charge is -2.28. The third-order valence-corrected chi connectivity index (χ3v) is 4.43. The van der Waals surface area contributed by atoms with Crippen molar-refractivity contribution in [3.05, 3.63) is 42.0 Å². The summed E-state index contributed by atoms with van der Waals surface area (Å²) in [6, 6.07) is 12.3. The van der Waals surface area contributed by atoms with Crippen molar-refractivity contribution >= 4 is 0 Å². The van der Waals surface area contributed by atoms with Crippen LogP contribution in [0.5, 0.6) is 17.2 Å². The quantitative estimate of drug-likeness (QED) is 0.788. The van der Waals surface area contributed by atoms with Gasteiger partial charge < -0.3 is 14.2 Å². The molecule has 3 nitrogen and oxygen atoms in total. The Morgan fingerprint density at radius 1 is 1.09 bits per heavy atom. The number of rotatable bonds is 5. The molecule has 0 bridgehead atoms. The van der Waals surface area contributed by atoms with Crippen molar-refractivity contribution in [3.63, 3.8) is 0 Å². The summed E-state index contributed by atoms with van der Waals surface area (Å²) in [5.41, 5.74) is 3.43. The first-order valence-electron chi connectivity index (χ1n) is 8.27. The summed E-state index contributed by atoms with van der Waals surface area (Å²) in [7, 11) is 3.35. The van der Waals surface area contributed by atoms with Crippen LogP contribution in [0.15, 0.2) is 36.4 Å². The number of ether oxygens (including phenoxy) is 3. The molecule has 23 heavy (non-hydrogen) atoms. The first-order valence-corrected chi connectivity index (χ1v) is 8.27. The van der Waals surface area contributed by atoms with Crippen LogP contribution < -0.4 is 14.2 Å². The van der Waals surface area contributed by atoms with E-state index in [4.69, 9.17) is 14.2 Å². The molecule has 1 unspecified atom stereocenters. The number of hydrogen-bond donors (Lipinski definition) is 0. The van der Waals surface area contributed by atoms with Crippen molar-refractivity contribution in [1.29, 1.82) is 0 Å². The van der Waals surface area contributed by atoms with Gasteiger partial charge in [0, 0.05) is 17.2 Å². The molecule has 1 aliphatic heterocycles. The highest BCUT2D eigenvalue weighted by Gasteiger charge is 2.23. The molecule has 0 saturated carbocycles. The lowest BCUT2D eigenvalue weighted by atomic mass is 9.94. The van der Waals surface area contributed by atoms with E-state index in [-0.39, 0.29) is 0 Å². The van der Waals surface area contributed by atoms with Gasteiger partial charge in [-0.05, 0) is 37.0 Å². The van der Waals surface area contributed by atoms with Crippen molar-refractivity contribution in [3.8, 4) is 28.4 Å². The van der Waals surface area contributed by atoms with Gasteiger partial charge in [0.05, 0.1) is 20.3 Å². The highest BCUT2D eigenvalue weighted by atomic mass is 16.5. The largest absolute Gasteiger partial charge is 0.497 e.